The van der Waals surface area contributed by atoms with Gasteiger partial charge in [-0.1, -0.05) is 12.1 Å². The van der Waals surface area contributed by atoms with E-state index in [4.69, 9.17) is 9.47 Å². The molecular formula is C21H17N3O4. The highest BCUT2D eigenvalue weighted by molar-refractivity contribution is 6.37. The van der Waals surface area contributed by atoms with Crippen LogP contribution in [-0.2, 0) is 9.59 Å². The molecule has 7 nitrogen and oxygen atoms in total. The summed E-state index contributed by atoms with van der Waals surface area (Å²) >= 11 is 0. The molecule has 0 spiro atoms. The van der Waals surface area contributed by atoms with Gasteiger partial charge >= 0.3 is 0 Å². The number of fused-ring (bicyclic) bond motifs is 1. The number of carbonyl (C=O) groups excluding carboxylic acids is 2. The van der Waals surface area contributed by atoms with E-state index in [9.17, 15) is 9.59 Å². The summed E-state index contributed by atoms with van der Waals surface area (Å²) in [5.41, 5.74) is 4.03. The second-order valence-electron chi connectivity index (χ2n) is 6.69. The number of methoxy groups -OCH3 is 2. The highest BCUT2D eigenvalue weighted by atomic mass is 16.5. The van der Waals surface area contributed by atoms with Gasteiger partial charge in [0.15, 0.2) is 0 Å². The molecule has 2 aliphatic rings. The van der Waals surface area contributed by atoms with E-state index >= 15 is 0 Å². The van der Waals surface area contributed by atoms with Gasteiger partial charge in [0.1, 0.15) is 17.2 Å². The molecule has 1 aromatic heterocycles. The van der Waals surface area contributed by atoms with E-state index in [1.165, 1.54) is 0 Å². The minimum atomic E-state index is -0.431. The summed E-state index contributed by atoms with van der Waals surface area (Å²) in [5, 5.41) is 6.59. The van der Waals surface area contributed by atoms with Gasteiger partial charge in [-0.3, -0.25) is 14.9 Å². The van der Waals surface area contributed by atoms with Crippen molar-refractivity contribution in [2.75, 3.05) is 14.2 Å². The van der Waals surface area contributed by atoms with Gasteiger partial charge in [0.2, 0.25) is 0 Å². The van der Waals surface area contributed by atoms with E-state index in [0.717, 1.165) is 22.0 Å². The van der Waals surface area contributed by atoms with Gasteiger partial charge in [0, 0.05) is 34.3 Å². The molecular weight excluding hydrogens is 358 g/mol. The Hall–Kier alpha value is -3.74. The Morgan fingerprint density at radius 1 is 0.964 bits per heavy atom. The van der Waals surface area contributed by atoms with Crippen LogP contribution in [0, 0.1) is 0 Å². The molecule has 3 aromatic rings. The second kappa shape index (κ2) is 5.88. The third kappa shape index (κ3) is 2.16. The molecule has 0 fully saturated rings. The van der Waals surface area contributed by atoms with Crippen molar-refractivity contribution in [2.24, 2.45) is 0 Å². The maximum atomic E-state index is 12.5. The summed E-state index contributed by atoms with van der Waals surface area (Å²) in [6, 6.07) is 11.0. The maximum absolute atomic E-state index is 12.5. The van der Waals surface area contributed by atoms with Crippen molar-refractivity contribution in [1.82, 2.24) is 15.6 Å². The number of aromatic nitrogens is 1. The molecule has 0 radical (unpaired) electrons. The summed E-state index contributed by atoms with van der Waals surface area (Å²) < 4.78 is 10.9. The van der Waals surface area contributed by atoms with Gasteiger partial charge in [0.25, 0.3) is 11.8 Å². The lowest BCUT2D eigenvalue weighted by Crippen LogP contribution is -2.30. The molecule has 28 heavy (non-hydrogen) atoms. The first-order valence-corrected chi connectivity index (χ1v) is 8.81. The Morgan fingerprint density at radius 3 is 2.61 bits per heavy atom. The number of aromatic amines is 1. The Morgan fingerprint density at radius 2 is 1.82 bits per heavy atom. The van der Waals surface area contributed by atoms with Crippen molar-refractivity contribution >= 4 is 28.3 Å². The van der Waals surface area contributed by atoms with Gasteiger partial charge in [-0.2, -0.15) is 0 Å². The molecule has 3 N–H and O–H groups in total. The minimum Gasteiger partial charge on any atom is -0.497 e. The van der Waals surface area contributed by atoms with E-state index in [1.807, 2.05) is 30.3 Å². The van der Waals surface area contributed by atoms with Crippen molar-refractivity contribution in [3.05, 3.63) is 65.0 Å². The van der Waals surface area contributed by atoms with E-state index in [-0.39, 0.29) is 11.7 Å². The number of nitrogens with one attached hydrogen (secondary N) is 3. The van der Waals surface area contributed by atoms with Crippen LogP contribution >= 0.6 is 0 Å². The Bertz CT molecular complexity index is 1190. The minimum absolute atomic E-state index is 0.268. The van der Waals surface area contributed by atoms with Crippen LogP contribution in [0.5, 0.6) is 11.5 Å². The fraction of sp³-hybridized carbons (Fsp3) is 0.143. The molecule has 5 rings (SSSR count). The summed E-state index contributed by atoms with van der Waals surface area (Å²) in [4.78, 5) is 28.2. The number of H-pyrrole nitrogens is 1. The van der Waals surface area contributed by atoms with Crippen LogP contribution < -0.4 is 20.1 Å². The first-order valence-electron chi connectivity index (χ1n) is 8.81. The van der Waals surface area contributed by atoms with Gasteiger partial charge in [0.05, 0.1) is 25.8 Å². The number of hydrogen-bond donors (Lipinski definition) is 3. The zero-order valence-electron chi connectivity index (χ0n) is 15.3. The lowest BCUT2D eigenvalue weighted by Gasteiger charge is -2.23. The van der Waals surface area contributed by atoms with Gasteiger partial charge in [-0.05, 0) is 23.8 Å². The summed E-state index contributed by atoms with van der Waals surface area (Å²) in [7, 11) is 3.19. The molecule has 0 bridgehead atoms. The molecule has 1 atom stereocenters. The normalized spacial score (nSPS) is 17.9. The van der Waals surface area contributed by atoms with Crippen molar-refractivity contribution in [1.29, 1.82) is 0 Å². The third-order valence-corrected chi connectivity index (χ3v) is 5.29. The van der Waals surface area contributed by atoms with Crippen LogP contribution in [0.3, 0.4) is 0 Å². The summed E-state index contributed by atoms with van der Waals surface area (Å²) in [6.07, 6.45) is 1.77. The highest BCUT2D eigenvalue weighted by Crippen LogP contribution is 2.42. The summed E-state index contributed by atoms with van der Waals surface area (Å²) in [5.74, 6) is 0.466. The number of hydrogen-bond acceptors (Lipinski definition) is 5. The zero-order valence-corrected chi connectivity index (χ0v) is 15.3. The van der Waals surface area contributed by atoms with E-state index < -0.39 is 11.8 Å². The van der Waals surface area contributed by atoms with Gasteiger partial charge < -0.3 is 19.8 Å². The molecule has 2 aliphatic heterocycles. The van der Waals surface area contributed by atoms with E-state index in [2.05, 4.69) is 15.6 Å². The number of ether oxygens (including phenoxy) is 2. The number of carbonyl (C=O) groups is 2. The standard InChI is InChI=1S/C21H17N3O4/c1-27-10-6-7-11(15(8-10)28-2)18-12-4-3-5-14-16(12)13(9-22-14)17-19(23-18)21(26)24-20(17)25/h3-9,18,22-23H,1-2H3,(H,24,25,26). The fourth-order valence-electron chi connectivity index (χ4n) is 4.03. The zero-order chi connectivity index (χ0) is 19.4. The molecule has 3 heterocycles. The lowest BCUT2D eigenvalue weighted by molar-refractivity contribution is -0.123. The quantitative estimate of drug-likeness (QED) is 0.611. The first-order chi connectivity index (χ1) is 13.6. The molecule has 2 amide bonds. The van der Waals surface area contributed by atoms with Crippen molar-refractivity contribution in [3.63, 3.8) is 0 Å². The van der Waals surface area contributed by atoms with E-state index in [0.29, 0.717) is 22.6 Å². The lowest BCUT2D eigenvalue weighted by atomic mass is 9.93. The largest absolute Gasteiger partial charge is 0.497 e. The molecule has 0 saturated heterocycles. The Kier molecular flexibility index (Phi) is 3.45. The highest BCUT2D eigenvalue weighted by Gasteiger charge is 2.38. The van der Waals surface area contributed by atoms with Gasteiger partial charge in [-0.15, -0.1) is 0 Å². The maximum Gasteiger partial charge on any atom is 0.275 e. The van der Waals surface area contributed by atoms with Crippen LogP contribution in [0.4, 0.5) is 0 Å². The van der Waals surface area contributed by atoms with Crippen LogP contribution in [0.1, 0.15) is 22.7 Å². The number of rotatable bonds is 3. The second-order valence-corrected chi connectivity index (χ2v) is 6.69. The fourth-order valence-corrected chi connectivity index (χ4v) is 4.03. The molecule has 2 aromatic carbocycles. The van der Waals surface area contributed by atoms with Gasteiger partial charge in [-0.25, -0.2) is 0 Å². The predicted octanol–water partition coefficient (Wildman–Crippen LogP) is 2.25. The van der Waals surface area contributed by atoms with Crippen LogP contribution in [0.15, 0.2) is 48.3 Å². The van der Waals surface area contributed by atoms with Crippen molar-refractivity contribution in [2.45, 2.75) is 6.04 Å². The summed E-state index contributed by atoms with van der Waals surface area (Å²) in [6.45, 7) is 0. The molecule has 140 valence electrons. The van der Waals surface area contributed by atoms with Crippen LogP contribution in [0.2, 0.25) is 0 Å². The molecule has 0 saturated carbocycles. The SMILES string of the molecule is COc1ccc(C2NC3=C(C(=O)NC3=O)c3c[nH]c4cccc2c34)c(OC)c1. The first kappa shape index (κ1) is 16.4. The monoisotopic (exact) mass is 375 g/mol. The van der Waals surface area contributed by atoms with Crippen molar-refractivity contribution in [3.8, 4) is 11.5 Å². The van der Waals surface area contributed by atoms with Crippen LogP contribution in [-0.4, -0.2) is 31.0 Å². The van der Waals surface area contributed by atoms with E-state index in [1.54, 1.807) is 26.5 Å². The smallest absolute Gasteiger partial charge is 0.275 e. The average molecular weight is 375 g/mol. The van der Waals surface area contributed by atoms with Crippen LogP contribution in [0.25, 0.3) is 16.5 Å². The predicted molar refractivity (Wildman–Crippen MR) is 103 cm³/mol. The van der Waals surface area contributed by atoms with Crippen molar-refractivity contribution < 1.29 is 19.1 Å². The molecule has 0 aliphatic carbocycles. The third-order valence-electron chi connectivity index (χ3n) is 5.29. The molecule has 1 unspecified atom stereocenters. The average Bonchev–Trinajstić information content (AvgIpc) is 3.20. The Balaban J connectivity index is 1.81. The molecule has 7 heteroatoms. The number of amides is 2. The topological polar surface area (TPSA) is 92.5 Å². The Labute approximate surface area is 160 Å². The number of benzene rings is 2. The number of imide groups is 1.